The van der Waals surface area contributed by atoms with Crippen molar-refractivity contribution in [1.29, 1.82) is 0 Å². The van der Waals surface area contributed by atoms with Crippen molar-refractivity contribution < 1.29 is 4.74 Å². The number of nitrogens with zero attached hydrogens (tertiary/aromatic N) is 6. The number of tetrazole rings is 1. The molecule has 1 aliphatic rings. The predicted octanol–water partition coefficient (Wildman–Crippen LogP) is 4.49. The Morgan fingerprint density at radius 3 is 2.58 bits per heavy atom. The van der Waals surface area contributed by atoms with Crippen molar-refractivity contribution in [1.82, 2.24) is 25.2 Å². The molecule has 2 aromatic carbocycles. The zero-order chi connectivity index (χ0) is 21.2. The van der Waals surface area contributed by atoms with Gasteiger partial charge in [0.05, 0.1) is 23.5 Å². The summed E-state index contributed by atoms with van der Waals surface area (Å²) in [6.07, 6.45) is 2.05. The number of benzene rings is 2. The van der Waals surface area contributed by atoms with Gasteiger partial charge in [-0.05, 0) is 54.5 Å². The molecule has 1 fully saturated rings. The molecule has 0 radical (unpaired) electrons. The summed E-state index contributed by atoms with van der Waals surface area (Å²) in [5.41, 5.74) is 4.23. The first-order valence-corrected chi connectivity index (χ1v) is 11.3. The number of anilines is 1. The molecule has 0 saturated carbocycles. The summed E-state index contributed by atoms with van der Waals surface area (Å²) >= 11 is 1.74. The Balaban J connectivity index is 1.29. The van der Waals surface area contributed by atoms with Crippen LogP contribution in [0.15, 0.2) is 53.9 Å². The maximum atomic E-state index is 5.50. The Labute approximate surface area is 185 Å². The van der Waals surface area contributed by atoms with Crippen LogP contribution in [0.5, 0.6) is 5.75 Å². The van der Waals surface area contributed by atoms with Gasteiger partial charge in [-0.2, -0.15) is 4.68 Å². The average Bonchev–Trinajstić information content (AvgIpc) is 3.50. The molecule has 0 bridgehead atoms. The number of ether oxygens (including phenoxy) is 1. The lowest BCUT2D eigenvalue weighted by Crippen LogP contribution is -2.34. The third-order valence-electron chi connectivity index (χ3n) is 5.76. The fourth-order valence-electron chi connectivity index (χ4n) is 4.01. The monoisotopic (exact) mass is 432 g/mol. The summed E-state index contributed by atoms with van der Waals surface area (Å²) in [6.45, 7) is 3.88. The van der Waals surface area contributed by atoms with Crippen LogP contribution in [0.3, 0.4) is 0 Å². The van der Waals surface area contributed by atoms with E-state index in [-0.39, 0.29) is 0 Å². The second-order valence-corrected chi connectivity index (χ2v) is 8.65. The highest BCUT2D eigenvalue weighted by atomic mass is 32.1. The molecule has 8 heteroatoms. The van der Waals surface area contributed by atoms with Crippen molar-refractivity contribution in [2.45, 2.75) is 25.7 Å². The van der Waals surface area contributed by atoms with E-state index in [0.717, 1.165) is 54.6 Å². The van der Waals surface area contributed by atoms with Crippen LogP contribution < -0.4 is 9.64 Å². The van der Waals surface area contributed by atoms with Crippen LogP contribution >= 0.6 is 11.3 Å². The second-order valence-electron chi connectivity index (χ2n) is 7.76. The Morgan fingerprint density at radius 1 is 1.03 bits per heavy atom. The second kappa shape index (κ2) is 8.47. The standard InChI is InChI=1S/C23H24N6OS/c1-16-7-9-18(10-8-16)29-23(25-26-27-29)28-13-11-17(12-14-28)22-24-20(15-31-22)19-5-3-4-6-21(19)30-2/h3-10,15,17H,11-14H2,1-2H3. The summed E-state index contributed by atoms with van der Waals surface area (Å²) in [4.78, 5) is 7.22. The van der Waals surface area contributed by atoms with Gasteiger partial charge in [-0.15, -0.1) is 11.3 Å². The van der Waals surface area contributed by atoms with Crippen molar-refractivity contribution >= 4 is 17.3 Å². The molecule has 1 aliphatic heterocycles. The van der Waals surface area contributed by atoms with Gasteiger partial charge in [0.25, 0.3) is 0 Å². The number of piperidine rings is 1. The molecule has 2 aromatic heterocycles. The van der Waals surface area contributed by atoms with Crippen LogP contribution in [0.1, 0.15) is 29.3 Å². The van der Waals surface area contributed by atoms with Crippen molar-refractivity contribution in [2.75, 3.05) is 25.1 Å². The van der Waals surface area contributed by atoms with Crippen LogP contribution in [0, 0.1) is 6.92 Å². The highest BCUT2D eigenvalue weighted by Gasteiger charge is 2.26. The van der Waals surface area contributed by atoms with Crippen molar-refractivity contribution in [3.05, 3.63) is 64.5 Å². The molecule has 3 heterocycles. The van der Waals surface area contributed by atoms with Gasteiger partial charge in [-0.1, -0.05) is 34.9 Å². The summed E-state index contributed by atoms with van der Waals surface area (Å²) in [5, 5.41) is 15.8. The topological polar surface area (TPSA) is 69.0 Å². The maximum Gasteiger partial charge on any atom is 0.250 e. The first-order valence-electron chi connectivity index (χ1n) is 10.4. The zero-order valence-corrected chi connectivity index (χ0v) is 18.4. The Morgan fingerprint density at radius 2 is 1.81 bits per heavy atom. The lowest BCUT2D eigenvalue weighted by molar-refractivity contribution is 0.416. The average molecular weight is 433 g/mol. The molecule has 0 atom stereocenters. The highest BCUT2D eigenvalue weighted by Crippen LogP contribution is 2.36. The molecule has 0 N–H and O–H groups in total. The van der Waals surface area contributed by atoms with E-state index in [9.17, 15) is 0 Å². The molecule has 1 saturated heterocycles. The van der Waals surface area contributed by atoms with E-state index in [1.807, 2.05) is 22.9 Å². The highest BCUT2D eigenvalue weighted by molar-refractivity contribution is 7.10. The molecule has 0 spiro atoms. The number of methoxy groups -OCH3 is 1. The molecule has 0 unspecified atom stereocenters. The normalized spacial score (nSPS) is 14.7. The van der Waals surface area contributed by atoms with E-state index < -0.39 is 0 Å². The minimum absolute atomic E-state index is 0.452. The van der Waals surface area contributed by atoms with E-state index in [1.54, 1.807) is 18.4 Å². The summed E-state index contributed by atoms with van der Waals surface area (Å²) in [6, 6.07) is 16.3. The summed E-state index contributed by atoms with van der Waals surface area (Å²) < 4.78 is 7.32. The predicted molar refractivity (Wildman–Crippen MR) is 122 cm³/mol. The van der Waals surface area contributed by atoms with Crippen LogP contribution in [0.2, 0.25) is 0 Å². The number of hydrogen-bond donors (Lipinski definition) is 0. The Hall–Kier alpha value is -3.26. The lowest BCUT2D eigenvalue weighted by atomic mass is 9.98. The molecule has 31 heavy (non-hydrogen) atoms. The Kier molecular flexibility index (Phi) is 5.38. The lowest BCUT2D eigenvalue weighted by Gasteiger charge is -2.31. The molecule has 158 valence electrons. The van der Waals surface area contributed by atoms with E-state index in [2.05, 4.69) is 63.1 Å². The van der Waals surface area contributed by atoms with Crippen LogP contribution in [-0.2, 0) is 0 Å². The number of para-hydroxylation sites is 1. The first-order chi connectivity index (χ1) is 15.2. The van der Waals surface area contributed by atoms with Crippen molar-refractivity contribution in [2.24, 2.45) is 0 Å². The molecule has 5 rings (SSSR count). The quantitative estimate of drug-likeness (QED) is 0.463. The van der Waals surface area contributed by atoms with Crippen LogP contribution in [0.4, 0.5) is 5.95 Å². The smallest absolute Gasteiger partial charge is 0.250 e. The minimum Gasteiger partial charge on any atom is -0.496 e. The van der Waals surface area contributed by atoms with Crippen LogP contribution in [-0.4, -0.2) is 45.4 Å². The van der Waals surface area contributed by atoms with Gasteiger partial charge in [0, 0.05) is 30.0 Å². The third-order valence-corrected chi connectivity index (χ3v) is 6.77. The molecular weight excluding hydrogens is 408 g/mol. The number of aromatic nitrogens is 5. The van der Waals surface area contributed by atoms with E-state index in [4.69, 9.17) is 9.72 Å². The van der Waals surface area contributed by atoms with Gasteiger partial charge in [0.15, 0.2) is 0 Å². The van der Waals surface area contributed by atoms with Gasteiger partial charge < -0.3 is 9.64 Å². The molecular formula is C23H24N6OS. The van der Waals surface area contributed by atoms with E-state index in [0.29, 0.717) is 5.92 Å². The summed E-state index contributed by atoms with van der Waals surface area (Å²) in [7, 11) is 1.70. The molecule has 0 amide bonds. The Bertz CT molecular complexity index is 1160. The fraction of sp³-hybridized carbons (Fsp3) is 0.304. The molecule has 7 nitrogen and oxygen atoms in total. The zero-order valence-electron chi connectivity index (χ0n) is 17.6. The SMILES string of the molecule is COc1ccccc1-c1csc(C2CCN(c3nnnn3-c3ccc(C)cc3)CC2)n1. The van der Waals surface area contributed by atoms with Crippen molar-refractivity contribution in [3.63, 3.8) is 0 Å². The molecule has 4 aromatic rings. The minimum atomic E-state index is 0.452. The van der Waals surface area contributed by atoms with Gasteiger partial charge >= 0.3 is 0 Å². The molecule has 0 aliphatic carbocycles. The van der Waals surface area contributed by atoms with Crippen LogP contribution in [0.25, 0.3) is 16.9 Å². The number of thiazole rings is 1. The first kappa shape index (κ1) is 19.7. The van der Waals surface area contributed by atoms with Gasteiger partial charge in [-0.25, -0.2) is 4.98 Å². The number of hydrogen-bond acceptors (Lipinski definition) is 7. The van der Waals surface area contributed by atoms with E-state index >= 15 is 0 Å². The van der Waals surface area contributed by atoms with Gasteiger partial charge in [-0.3, -0.25) is 0 Å². The maximum absolute atomic E-state index is 5.50. The third kappa shape index (κ3) is 3.90. The number of aryl methyl sites for hydroxylation is 1. The van der Waals surface area contributed by atoms with Crippen molar-refractivity contribution in [3.8, 4) is 22.7 Å². The largest absolute Gasteiger partial charge is 0.496 e. The summed E-state index contributed by atoms with van der Waals surface area (Å²) in [5.74, 6) is 2.11. The fourth-order valence-corrected chi connectivity index (χ4v) is 5.01. The van der Waals surface area contributed by atoms with Gasteiger partial charge in [0.2, 0.25) is 5.95 Å². The number of rotatable bonds is 5. The van der Waals surface area contributed by atoms with E-state index in [1.165, 1.54) is 10.6 Å². The van der Waals surface area contributed by atoms with Gasteiger partial charge in [0.1, 0.15) is 5.75 Å².